The van der Waals surface area contributed by atoms with Gasteiger partial charge in [0.2, 0.25) is 0 Å². The molecule has 0 radical (unpaired) electrons. The van der Waals surface area contributed by atoms with Crippen molar-refractivity contribution in [1.82, 2.24) is 5.32 Å². The molecular weight excluding hydrogens is 220 g/mol. The molecule has 0 saturated carbocycles. The Labute approximate surface area is 115 Å². The SMILES string of the molecule is C=CN=C(C)/C(=C\C)NC(C)C(C)C.CC.CC. The van der Waals surface area contributed by atoms with Crippen molar-refractivity contribution in [2.75, 3.05) is 0 Å². The standard InChI is InChI=1S/C12H22N2.2C2H6/c1-7-12(11(6)13-8-2)14-10(5)9(3)4;2*1-2/h7-10,14H,2H2,1,3-6H3;2*1-2H3/b12-7+,13-11?;;. The van der Waals surface area contributed by atoms with Crippen LogP contribution in [0.4, 0.5) is 0 Å². The Bertz CT molecular complexity index is 237. The van der Waals surface area contributed by atoms with Gasteiger partial charge in [-0.05, 0) is 26.7 Å². The zero-order valence-corrected chi connectivity index (χ0v) is 14.0. The third kappa shape index (κ3) is 11.4. The summed E-state index contributed by atoms with van der Waals surface area (Å²) >= 11 is 0. The topological polar surface area (TPSA) is 24.4 Å². The van der Waals surface area contributed by atoms with Gasteiger partial charge in [0, 0.05) is 12.2 Å². The van der Waals surface area contributed by atoms with Crippen LogP contribution in [-0.2, 0) is 0 Å². The third-order valence-corrected chi connectivity index (χ3v) is 2.35. The molecule has 0 aromatic rings. The minimum atomic E-state index is 0.455. The van der Waals surface area contributed by atoms with Crippen LogP contribution in [-0.4, -0.2) is 11.8 Å². The second kappa shape index (κ2) is 16.0. The van der Waals surface area contributed by atoms with Crippen LogP contribution >= 0.6 is 0 Å². The number of allylic oxidation sites excluding steroid dienone is 2. The van der Waals surface area contributed by atoms with Gasteiger partial charge in [0.15, 0.2) is 0 Å². The molecule has 0 aromatic heterocycles. The van der Waals surface area contributed by atoms with Crippen LogP contribution in [0.2, 0.25) is 0 Å². The summed E-state index contributed by atoms with van der Waals surface area (Å²) < 4.78 is 0. The molecule has 0 aliphatic carbocycles. The van der Waals surface area contributed by atoms with Crippen LogP contribution in [0.5, 0.6) is 0 Å². The molecule has 0 aliphatic rings. The molecule has 0 aromatic carbocycles. The average Bonchev–Trinajstić information content (AvgIpc) is 2.40. The van der Waals surface area contributed by atoms with Crippen molar-refractivity contribution >= 4 is 5.71 Å². The average molecular weight is 254 g/mol. The van der Waals surface area contributed by atoms with Gasteiger partial charge in [-0.15, -0.1) is 0 Å². The fraction of sp³-hybridized carbons (Fsp3) is 0.688. The molecule has 0 fully saturated rings. The summed E-state index contributed by atoms with van der Waals surface area (Å²) in [6.07, 6.45) is 3.61. The quantitative estimate of drug-likeness (QED) is 0.672. The highest BCUT2D eigenvalue weighted by molar-refractivity contribution is 5.97. The molecule has 18 heavy (non-hydrogen) atoms. The second-order valence-corrected chi connectivity index (χ2v) is 3.78. The minimum absolute atomic E-state index is 0.455. The van der Waals surface area contributed by atoms with Crippen LogP contribution in [0.1, 0.15) is 62.3 Å². The monoisotopic (exact) mass is 254 g/mol. The molecule has 0 aliphatic heterocycles. The van der Waals surface area contributed by atoms with Crippen LogP contribution in [0.3, 0.4) is 0 Å². The number of nitrogens with one attached hydrogen (secondary N) is 1. The van der Waals surface area contributed by atoms with Crippen LogP contribution in [0.15, 0.2) is 29.5 Å². The van der Waals surface area contributed by atoms with Crippen LogP contribution in [0, 0.1) is 5.92 Å². The highest BCUT2D eigenvalue weighted by Crippen LogP contribution is 2.04. The zero-order valence-electron chi connectivity index (χ0n) is 14.0. The number of nitrogens with zero attached hydrogens (tertiary/aromatic N) is 1. The van der Waals surface area contributed by atoms with Crippen molar-refractivity contribution in [3.63, 3.8) is 0 Å². The third-order valence-electron chi connectivity index (χ3n) is 2.35. The molecule has 1 N–H and O–H groups in total. The molecule has 1 unspecified atom stereocenters. The normalized spacial score (nSPS) is 12.8. The van der Waals surface area contributed by atoms with Crippen molar-refractivity contribution in [2.45, 2.75) is 68.4 Å². The maximum Gasteiger partial charge on any atom is 0.0600 e. The van der Waals surface area contributed by atoms with Crippen molar-refractivity contribution in [1.29, 1.82) is 0 Å². The number of hydrogen-bond donors (Lipinski definition) is 1. The molecule has 2 heteroatoms. The second-order valence-electron chi connectivity index (χ2n) is 3.78. The molecule has 108 valence electrons. The molecule has 0 bridgehead atoms. The van der Waals surface area contributed by atoms with E-state index in [1.165, 1.54) is 0 Å². The largest absolute Gasteiger partial charge is 0.381 e. The summed E-state index contributed by atoms with van der Waals surface area (Å²) in [4.78, 5) is 4.16. The van der Waals surface area contributed by atoms with Gasteiger partial charge < -0.3 is 5.32 Å². The summed E-state index contributed by atoms with van der Waals surface area (Å²) in [6.45, 7) is 22.2. The first-order valence-electron chi connectivity index (χ1n) is 7.11. The lowest BCUT2D eigenvalue weighted by molar-refractivity contribution is 0.467. The van der Waals surface area contributed by atoms with Gasteiger partial charge in [-0.3, -0.25) is 4.99 Å². The maximum absolute atomic E-state index is 4.16. The summed E-state index contributed by atoms with van der Waals surface area (Å²) in [6, 6.07) is 0.455. The van der Waals surface area contributed by atoms with Gasteiger partial charge in [-0.25, -0.2) is 0 Å². The Morgan fingerprint density at radius 3 is 1.83 bits per heavy atom. The molecule has 1 atom stereocenters. The van der Waals surface area contributed by atoms with E-state index in [0.717, 1.165) is 11.4 Å². The lowest BCUT2D eigenvalue weighted by atomic mass is 10.1. The van der Waals surface area contributed by atoms with E-state index in [1.807, 2.05) is 47.6 Å². The smallest absolute Gasteiger partial charge is 0.0600 e. The fourth-order valence-corrected chi connectivity index (χ4v) is 1.02. The first-order chi connectivity index (χ1) is 8.52. The first-order valence-corrected chi connectivity index (χ1v) is 7.11. The van der Waals surface area contributed by atoms with Gasteiger partial charge >= 0.3 is 0 Å². The fourth-order valence-electron chi connectivity index (χ4n) is 1.02. The molecule has 0 heterocycles. The molecular formula is C16H34N2. The molecule has 0 amide bonds. The molecule has 2 nitrogen and oxygen atoms in total. The van der Waals surface area contributed by atoms with Gasteiger partial charge in [0.25, 0.3) is 0 Å². The van der Waals surface area contributed by atoms with Crippen molar-refractivity contribution < 1.29 is 0 Å². The van der Waals surface area contributed by atoms with E-state index in [-0.39, 0.29) is 0 Å². The highest BCUT2D eigenvalue weighted by Gasteiger charge is 2.08. The first kappa shape index (κ1) is 22.2. The van der Waals surface area contributed by atoms with Crippen molar-refractivity contribution in [3.8, 4) is 0 Å². The minimum Gasteiger partial charge on any atom is -0.381 e. The molecule has 0 spiro atoms. The van der Waals surface area contributed by atoms with Gasteiger partial charge in [-0.2, -0.15) is 0 Å². The Balaban J connectivity index is -0.000000506. The number of rotatable bonds is 5. The van der Waals surface area contributed by atoms with E-state index in [0.29, 0.717) is 12.0 Å². The van der Waals surface area contributed by atoms with Gasteiger partial charge in [-0.1, -0.05) is 54.2 Å². The van der Waals surface area contributed by atoms with E-state index in [1.54, 1.807) is 6.20 Å². The Hall–Kier alpha value is -1.05. The van der Waals surface area contributed by atoms with Crippen molar-refractivity contribution in [2.24, 2.45) is 10.9 Å². The van der Waals surface area contributed by atoms with Crippen LogP contribution < -0.4 is 5.32 Å². The number of aliphatic imine (C=N–C) groups is 1. The summed E-state index contributed by atoms with van der Waals surface area (Å²) in [7, 11) is 0. The highest BCUT2D eigenvalue weighted by atomic mass is 14.9. The predicted octanol–water partition coefficient (Wildman–Crippen LogP) is 5.18. The van der Waals surface area contributed by atoms with Gasteiger partial charge in [0.1, 0.15) is 0 Å². The molecule has 0 rings (SSSR count). The Morgan fingerprint density at radius 1 is 1.11 bits per heavy atom. The zero-order chi connectivity index (χ0) is 15.1. The summed E-state index contributed by atoms with van der Waals surface area (Å²) in [5.74, 6) is 0.612. The Kier molecular flexibility index (Phi) is 19.6. The predicted molar refractivity (Wildman–Crippen MR) is 87.2 cm³/mol. The summed E-state index contributed by atoms with van der Waals surface area (Å²) in [5.41, 5.74) is 2.07. The Morgan fingerprint density at radius 2 is 1.56 bits per heavy atom. The van der Waals surface area contributed by atoms with E-state index in [9.17, 15) is 0 Å². The lowest BCUT2D eigenvalue weighted by Gasteiger charge is -2.20. The number of hydrogen-bond acceptors (Lipinski definition) is 2. The van der Waals surface area contributed by atoms with Crippen molar-refractivity contribution in [3.05, 3.63) is 24.6 Å². The van der Waals surface area contributed by atoms with E-state index >= 15 is 0 Å². The van der Waals surface area contributed by atoms with Crippen LogP contribution in [0.25, 0.3) is 0 Å². The van der Waals surface area contributed by atoms with Gasteiger partial charge in [0.05, 0.1) is 11.4 Å². The van der Waals surface area contributed by atoms with E-state index in [2.05, 4.69) is 37.7 Å². The van der Waals surface area contributed by atoms with E-state index in [4.69, 9.17) is 0 Å². The molecule has 0 saturated heterocycles. The van der Waals surface area contributed by atoms with E-state index < -0.39 is 0 Å². The summed E-state index contributed by atoms with van der Waals surface area (Å²) in [5, 5.41) is 3.43. The maximum atomic E-state index is 4.16. The lowest BCUT2D eigenvalue weighted by Crippen LogP contribution is -2.32.